The Kier molecular flexibility index (Phi) is 5.79. The van der Waals surface area contributed by atoms with Crippen molar-refractivity contribution >= 4 is 33.5 Å². The minimum atomic E-state index is -0.0490. The van der Waals surface area contributed by atoms with Gasteiger partial charge in [0.2, 0.25) is 5.91 Å². The maximum Gasteiger partial charge on any atom is 0.239 e. The van der Waals surface area contributed by atoms with Crippen molar-refractivity contribution in [2.75, 3.05) is 30.5 Å². The molecule has 18 heavy (non-hydrogen) atoms. The number of carbonyl (C=O) groups is 1. The number of hydrogen-bond acceptors (Lipinski definition) is 6. The summed E-state index contributed by atoms with van der Waals surface area (Å²) in [6.45, 7) is 2.90. The number of hydrogen-bond donors (Lipinski definition) is 3. The van der Waals surface area contributed by atoms with Gasteiger partial charge in [-0.1, -0.05) is 6.92 Å². The maximum absolute atomic E-state index is 11.6. The van der Waals surface area contributed by atoms with Crippen LogP contribution in [-0.4, -0.2) is 36.0 Å². The maximum atomic E-state index is 11.6. The molecule has 1 aromatic heterocycles. The first-order chi connectivity index (χ1) is 8.60. The van der Waals surface area contributed by atoms with Crippen LogP contribution in [0.5, 0.6) is 0 Å². The number of amides is 1. The van der Waals surface area contributed by atoms with E-state index < -0.39 is 0 Å². The third kappa shape index (κ3) is 3.81. The summed E-state index contributed by atoms with van der Waals surface area (Å²) in [7, 11) is 1.78. The van der Waals surface area contributed by atoms with Crippen molar-refractivity contribution in [1.29, 1.82) is 0 Å². The number of nitrogens with zero attached hydrogens (tertiary/aromatic N) is 3. The lowest BCUT2D eigenvalue weighted by atomic mass is 10.4. The van der Waals surface area contributed by atoms with Crippen molar-refractivity contribution in [2.45, 2.75) is 13.3 Å². The van der Waals surface area contributed by atoms with E-state index in [0.29, 0.717) is 22.7 Å². The number of aromatic nitrogens is 2. The predicted molar refractivity (Wildman–Crippen MR) is 74.1 cm³/mol. The van der Waals surface area contributed by atoms with E-state index in [1.807, 2.05) is 6.92 Å². The van der Waals surface area contributed by atoms with Gasteiger partial charge in [0, 0.05) is 13.6 Å². The highest BCUT2D eigenvalue weighted by Gasteiger charge is 2.14. The van der Waals surface area contributed by atoms with E-state index in [9.17, 15) is 4.79 Å². The van der Waals surface area contributed by atoms with Crippen LogP contribution in [0.4, 0.5) is 11.6 Å². The Morgan fingerprint density at radius 3 is 2.89 bits per heavy atom. The van der Waals surface area contributed by atoms with Crippen LogP contribution in [0.25, 0.3) is 0 Å². The minimum Gasteiger partial charge on any atom is -0.355 e. The Morgan fingerprint density at radius 2 is 2.28 bits per heavy atom. The predicted octanol–water partition coefficient (Wildman–Crippen LogP) is 0.487. The van der Waals surface area contributed by atoms with Gasteiger partial charge in [-0.3, -0.25) is 4.79 Å². The smallest absolute Gasteiger partial charge is 0.239 e. The number of nitrogens with one attached hydrogen (secondary N) is 2. The summed E-state index contributed by atoms with van der Waals surface area (Å²) >= 11 is 3.34. The zero-order valence-electron chi connectivity index (χ0n) is 10.4. The van der Waals surface area contributed by atoms with E-state index in [1.54, 1.807) is 11.9 Å². The second-order valence-corrected chi connectivity index (χ2v) is 4.50. The average Bonchev–Trinajstić information content (AvgIpc) is 2.36. The van der Waals surface area contributed by atoms with Crippen LogP contribution in [0.2, 0.25) is 0 Å². The molecule has 0 aliphatic heterocycles. The van der Waals surface area contributed by atoms with Crippen LogP contribution in [0.1, 0.15) is 13.3 Å². The first-order valence-corrected chi connectivity index (χ1v) is 6.34. The molecule has 0 saturated heterocycles. The van der Waals surface area contributed by atoms with E-state index in [4.69, 9.17) is 5.84 Å². The van der Waals surface area contributed by atoms with E-state index in [2.05, 4.69) is 36.6 Å². The minimum absolute atomic E-state index is 0.0490. The zero-order chi connectivity index (χ0) is 13.5. The number of rotatable bonds is 6. The van der Waals surface area contributed by atoms with Gasteiger partial charge in [0.05, 0.1) is 6.54 Å². The molecule has 0 bridgehead atoms. The second kappa shape index (κ2) is 7.12. The molecule has 7 nitrogen and oxygen atoms in total. The molecule has 0 spiro atoms. The Morgan fingerprint density at radius 1 is 1.56 bits per heavy atom. The first kappa shape index (κ1) is 14.7. The molecular formula is C10H17BrN6O. The third-order valence-corrected chi connectivity index (χ3v) is 2.95. The fourth-order valence-corrected chi connectivity index (χ4v) is 1.96. The van der Waals surface area contributed by atoms with E-state index in [0.717, 1.165) is 6.42 Å². The van der Waals surface area contributed by atoms with Crippen molar-refractivity contribution in [3.05, 3.63) is 10.8 Å². The molecule has 8 heteroatoms. The molecule has 1 aromatic rings. The van der Waals surface area contributed by atoms with Gasteiger partial charge in [0.15, 0.2) is 5.82 Å². The number of halogens is 1. The van der Waals surface area contributed by atoms with Crippen molar-refractivity contribution in [2.24, 2.45) is 5.84 Å². The molecule has 100 valence electrons. The summed E-state index contributed by atoms with van der Waals surface area (Å²) in [5.74, 6) is 6.34. The number of carbonyl (C=O) groups excluding carboxylic acids is 1. The molecule has 0 atom stereocenters. The van der Waals surface area contributed by atoms with Gasteiger partial charge >= 0.3 is 0 Å². The van der Waals surface area contributed by atoms with Crippen molar-refractivity contribution in [3.8, 4) is 0 Å². The summed E-state index contributed by atoms with van der Waals surface area (Å²) in [5.41, 5.74) is 2.45. The van der Waals surface area contributed by atoms with Gasteiger partial charge < -0.3 is 15.6 Å². The van der Waals surface area contributed by atoms with Crippen LogP contribution in [0.15, 0.2) is 10.8 Å². The van der Waals surface area contributed by atoms with E-state index in [-0.39, 0.29) is 12.5 Å². The van der Waals surface area contributed by atoms with Crippen LogP contribution in [0, 0.1) is 0 Å². The standard InChI is InChI=1S/C10H17BrN6O/c1-3-4-13-7(18)5-17(2)10-8(11)9(16-12)14-6-15-10/h6H,3-5,12H2,1-2H3,(H,13,18)(H,14,15,16). The molecule has 0 aliphatic carbocycles. The molecule has 0 aromatic carbocycles. The van der Waals surface area contributed by atoms with E-state index >= 15 is 0 Å². The summed E-state index contributed by atoms with van der Waals surface area (Å²) in [5, 5.41) is 2.80. The average molecular weight is 317 g/mol. The Labute approximate surface area is 114 Å². The zero-order valence-corrected chi connectivity index (χ0v) is 12.0. The lowest BCUT2D eigenvalue weighted by Crippen LogP contribution is -2.36. The van der Waals surface area contributed by atoms with Crippen LogP contribution in [0.3, 0.4) is 0 Å². The largest absolute Gasteiger partial charge is 0.355 e. The Bertz CT molecular complexity index is 413. The third-order valence-electron chi connectivity index (χ3n) is 2.22. The SMILES string of the molecule is CCCNC(=O)CN(C)c1ncnc(NN)c1Br. The molecular weight excluding hydrogens is 300 g/mol. The summed E-state index contributed by atoms with van der Waals surface area (Å²) in [4.78, 5) is 21.4. The van der Waals surface area contributed by atoms with Crippen molar-refractivity contribution in [3.63, 3.8) is 0 Å². The molecule has 0 aliphatic rings. The number of anilines is 2. The number of likely N-dealkylation sites (N-methyl/N-ethyl adjacent to an activating group) is 1. The number of hydrazine groups is 1. The summed E-state index contributed by atoms with van der Waals surface area (Å²) in [6.07, 6.45) is 2.30. The fourth-order valence-electron chi connectivity index (χ4n) is 1.34. The molecule has 1 amide bonds. The quantitative estimate of drug-likeness (QED) is 0.522. The normalized spacial score (nSPS) is 10.0. The lowest BCUT2D eigenvalue weighted by Gasteiger charge is -2.19. The topological polar surface area (TPSA) is 96.2 Å². The van der Waals surface area contributed by atoms with Crippen LogP contribution < -0.4 is 21.5 Å². The van der Waals surface area contributed by atoms with Crippen LogP contribution in [-0.2, 0) is 4.79 Å². The second-order valence-electron chi connectivity index (χ2n) is 3.71. The van der Waals surface area contributed by atoms with E-state index in [1.165, 1.54) is 6.33 Å². The Hall–Kier alpha value is -1.41. The summed E-state index contributed by atoms with van der Waals surface area (Å²) in [6, 6.07) is 0. The highest BCUT2D eigenvalue weighted by molar-refractivity contribution is 9.10. The van der Waals surface area contributed by atoms with Gasteiger partial charge in [-0.15, -0.1) is 0 Å². The molecule has 4 N–H and O–H groups in total. The van der Waals surface area contributed by atoms with Crippen molar-refractivity contribution < 1.29 is 4.79 Å². The van der Waals surface area contributed by atoms with Gasteiger partial charge in [0.25, 0.3) is 0 Å². The van der Waals surface area contributed by atoms with Crippen molar-refractivity contribution in [1.82, 2.24) is 15.3 Å². The molecule has 0 saturated carbocycles. The molecule has 0 unspecified atom stereocenters. The van der Waals surface area contributed by atoms with Gasteiger partial charge in [-0.25, -0.2) is 15.8 Å². The molecule has 1 heterocycles. The summed E-state index contributed by atoms with van der Waals surface area (Å²) < 4.78 is 0.623. The Balaban J connectivity index is 2.72. The fraction of sp³-hybridized carbons (Fsp3) is 0.500. The lowest BCUT2D eigenvalue weighted by molar-refractivity contribution is -0.119. The number of nitrogens with two attached hydrogens (primary N) is 1. The highest BCUT2D eigenvalue weighted by Crippen LogP contribution is 2.27. The molecule has 1 rings (SSSR count). The van der Waals surface area contributed by atoms with Gasteiger partial charge in [0.1, 0.15) is 16.6 Å². The van der Waals surface area contributed by atoms with Crippen LogP contribution >= 0.6 is 15.9 Å². The monoisotopic (exact) mass is 316 g/mol. The van der Waals surface area contributed by atoms with Gasteiger partial charge in [-0.05, 0) is 22.4 Å². The molecule has 0 fully saturated rings. The highest BCUT2D eigenvalue weighted by atomic mass is 79.9. The molecule has 0 radical (unpaired) electrons. The number of nitrogen functional groups attached to an aromatic ring is 1. The van der Waals surface area contributed by atoms with Gasteiger partial charge in [-0.2, -0.15) is 0 Å². The first-order valence-electron chi connectivity index (χ1n) is 5.55.